The average Bonchev–Trinajstić information content (AvgIpc) is 2.67. The van der Waals surface area contributed by atoms with Crippen molar-refractivity contribution in [3.8, 4) is 5.75 Å². The van der Waals surface area contributed by atoms with E-state index < -0.39 is 29.3 Å². The molecule has 0 radical (unpaired) electrons. The van der Waals surface area contributed by atoms with E-state index in [0.717, 1.165) is 6.07 Å². The average molecular weight is 401 g/mol. The lowest BCUT2D eigenvalue weighted by Gasteiger charge is -2.17. The normalized spacial score (nSPS) is 11.2. The zero-order valence-corrected chi connectivity index (χ0v) is 15.7. The zero-order chi connectivity index (χ0) is 21.6. The summed E-state index contributed by atoms with van der Waals surface area (Å²) in [4.78, 5) is 45.6. The number of methoxy groups -OCH3 is 1. The van der Waals surface area contributed by atoms with E-state index in [9.17, 15) is 29.6 Å². The molecule has 2 aromatic carbocycles. The Bertz CT molecular complexity index is 959. The first kappa shape index (κ1) is 21.4. The van der Waals surface area contributed by atoms with Gasteiger partial charge in [-0.3, -0.25) is 19.7 Å². The third kappa shape index (κ3) is 5.76. The highest BCUT2D eigenvalue weighted by Gasteiger charge is 2.24. The number of hydrogen-bond acceptors (Lipinski definition) is 7. The molecule has 0 aliphatic rings. The van der Waals surface area contributed by atoms with Crippen LogP contribution in [-0.4, -0.2) is 40.8 Å². The van der Waals surface area contributed by atoms with Crippen molar-refractivity contribution in [1.29, 1.82) is 0 Å². The number of nitro groups is 1. The number of nitro benzene ring substituents is 1. The van der Waals surface area contributed by atoms with Gasteiger partial charge in [-0.25, -0.2) is 4.79 Å². The lowest BCUT2D eigenvalue weighted by Crippen LogP contribution is -2.33. The van der Waals surface area contributed by atoms with Crippen LogP contribution in [0.5, 0.6) is 5.75 Å². The number of ether oxygens (including phenoxy) is 1. The van der Waals surface area contributed by atoms with E-state index in [-0.39, 0.29) is 22.9 Å². The smallest absolute Gasteiger partial charge is 0.326 e. The molecule has 2 aromatic rings. The van der Waals surface area contributed by atoms with Crippen molar-refractivity contribution < 1.29 is 29.2 Å². The van der Waals surface area contributed by atoms with Gasteiger partial charge in [0.2, 0.25) is 5.91 Å². The Morgan fingerprint density at radius 2 is 1.93 bits per heavy atom. The lowest BCUT2D eigenvalue weighted by molar-refractivity contribution is -0.384. The number of nitrogens with zero attached hydrogens (tertiary/aromatic N) is 1. The number of non-ortho nitro benzene ring substituents is 1. The van der Waals surface area contributed by atoms with Gasteiger partial charge in [-0.2, -0.15) is 0 Å². The Morgan fingerprint density at radius 1 is 1.21 bits per heavy atom. The molecule has 0 spiro atoms. The Labute approximate surface area is 165 Å². The minimum Gasteiger partial charge on any atom is -0.495 e. The van der Waals surface area contributed by atoms with Crippen LogP contribution in [-0.2, 0) is 9.59 Å². The molecule has 2 rings (SSSR count). The Balaban J connectivity index is 2.16. The second-order valence-corrected chi connectivity index (χ2v) is 6.07. The number of hydrogen-bond donors (Lipinski definition) is 3. The fourth-order valence-corrected chi connectivity index (χ4v) is 2.52. The monoisotopic (exact) mass is 401 g/mol. The predicted molar refractivity (Wildman–Crippen MR) is 104 cm³/mol. The number of Topliss-reactive ketones (excluding diaryl/α,β-unsaturated/α-hetero) is 1. The van der Waals surface area contributed by atoms with Gasteiger partial charge >= 0.3 is 5.97 Å². The summed E-state index contributed by atoms with van der Waals surface area (Å²) in [6.07, 6.45) is -0.467. The Kier molecular flexibility index (Phi) is 6.85. The first-order chi connectivity index (χ1) is 13.7. The molecule has 10 heteroatoms. The Hall–Kier alpha value is -3.95. The minimum absolute atomic E-state index is 0.0699. The highest BCUT2D eigenvalue weighted by molar-refractivity contribution is 5.98. The van der Waals surface area contributed by atoms with Gasteiger partial charge in [-0.05, 0) is 25.1 Å². The fourth-order valence-electron chi connectivity index (χ4n) is 2.52. The summed E-state index contributed by atoms with van der Waals surface area (Å²) >= 11 is 0. The zero-order valence-electron chi connectivity index (χ0n) is 15.7. The number of carboxylic acids is 1. The van der Waals surface area contributed by atoms with Gasteiger partial charge in [0, 0.05) is 23.4 Å². The van der Waals surface area contributed by atoms with Crippen LogP contribution in [0.15, 0.2) is 42.5 Å². The van der Waals surface area contributed by atoms with Gasteiger partial charge in [0.15, 0.2) is 5.78 Å². The van der Waals surface area contributed by atoms with Crippen molar-refractivity contribution in [3.05, 3.63) is 58.1 Å². The molecular weight excluding hydrogens is 382 g/mol. The summed E-state index contributed by atoms with van der Waals surface area (Å²) in [5.74, 6) is -1.93. The summed E-state index contributed by atoms with van der Waals surface area (Å²) in [6.45, 7) is 1.39. The SMILES string of the molecule is COc1ccc([N+](=O)[O-])cc1N[C@H](CC(=O)Nc1cccc(C(C)=O)c1)C(=O)O. The van der Waals surface area contributed by atoms with Crippen LogP contribution < -0.4 is 15.4 Å². The molecular formula is C19H19N3O7. The molecule has 29 heavy (non-hydrogen) atoms. The molecule has 0 fully saturated rings. The summed E-state index contributed by atoms with van der Waals surface area (Å²) in [5.41, 5.74) is 0.556. The van der Waals surface area contributed by atoms with Crippen LogP contribution in [0.4, 0.5) is 17.1 Å². The van der Waals surface area contributed by atoms with Crippen LogP contribution in [0.2, 0.25) is 0 Å². The Morgan fingerprint density at radius 3 is 2.52 bits per heavy atom. The molecule has 0 aromatic heterocycles. The predicted octanol–water partition coefficient (Wildman–Crippen LogP) is 2.70. The van der Waals surface area contributed by atoms with Gasteiger partial charge in [-0.15, -0.1) is 0 Å². The molecule has 0 aliphatic carbocycles. The standard InChI is InChI=1S/C19H19N3O7/c1-11(23)12-4-3-5-13(8-12)20-18(24)10-16(19(25)26)21-15-9-14(22(27)28)6-7-17(15)29-2/h3-9,16,21H,10H2,1-2H3,(H,20,24)(H,25,26)/t16-/m1/s1. The molecule has 0 bridgehead atoms. The quantitative estimate of drug-likeness (QED) is 0.330. The third-order valence-electron chi connectivity index (χ3n) is 3.96. The highest BCUT2D eigenvalue weighted by atomic mass is 16.6. The van der Waals surface area contributed by atoms with E-state index in [1.54, 1.807) is 18.2 Å². The lowest BCUT2D eigenvalue weighted by atomic mass is 10.1. The van der Waals surface area contributed by atoms with Crippen LogP contribution in [0.25, 0.3) is 0 Å². The van der Waals surface area contributed by atoms with E-state index in [2.05, 4.69) is 10.6 Å². The summed E-state index contributed by atoms with van der Waals surface area (Å²) in [6, 6.07) is 8.53. The van der Waals surface area contributed by atoms with E-state index in [0.29, 0.717) is 11.3 Å². The fraction of sp³-hybridized carbons (Fsp3) is 0.211. The first-order valence-electron chi connectivity index (χ1n) is 8.44. The number of anilines is 2. The van der Waals surface area contributed by atoms with E-state index in [1.807, 2.05) is 0 Å². The molecule has 1 atom stereocenters. The largest absolute Gasteiger partial charge is 0.495 e. The summed E-state index contributed by atoms with van der Waals surface area (Å²) < 4.78 is 5.09. The molecule has 0 saturated carbocycles. The van der Waals surface area contributed by atoms with Gasteiger partial charge in [-0.1, -0.05) is 12.1 Å². The highest BCUT2D eigenvalue weighted by Crippen LogP contribution is 2.29. The maximum absolute atomic E-state index is 12.3. The topological polar surface area (TPSA) is 148 Å². The van der Waals surface area contributed by atoms with Crippen LogP contribution in [0.1, 0.15) is 23.7 Å². The van der Waals surface area contributed by atoms with Gasteiger partial charge < -0.3 is 20.5 Å². The number of ketones is 1. The van der Waals surface area contributed by atoms with E-state index >= 15 is 0 Å². The number of benzene rings is 2. The number of rotatable bonds is 9. The van der Waals surface area contributed by atoms with Crippen LogP contribution in [0, 0.1) is 10.1 Å². The molecule has 3 N–H and O–H groups in total. The molecule has 0 unspecified atom stereocenters. The molecule has 0 saturated heterocycles. The second-order valence-electron chi connectivity index (χ2n) is 6.07. The number of carboxylic acid groups (broad SMARTS) is 1. The summed E-state index contributed by atoms with van der Waals surface area (Å²) in [5, 5.41) is 25.5. The van der Waals surface area contributed by atoms with E-state index in [4.69, 9.17) is 4.74 Å². The summed E-state index contributed by atoms with van der Waals surface area (Å²) in [7, 11) is 1.33. The van der Waals surface area contributed by atoms with E-state index in [1.165, 1.54) is 32.2 Å². The number of nitrogens with one attached hydrogen (secondary N) is 2. The molecule has 10 nitrogen and oxygen atoms in total. The van der Waals surface area contributed by atoms with Crippen molar-refractivity contribution in [2.75, 3.05) is 17.7 Å². The third-order valence-corrected chi connectivity index (χ3v) is 3.96. The van der Waals surface area contributed by atoms with Crippen molar-refractivity contribution in [2.24, 2.45) is 0 Å². The maximum atomic E-state index is 12.3. The van der Waals surface area contributed by atoms with Crippen LogP contribution >= 0.6 is 0 Å². The van der Waals surface area contributed by atoms with Crippen LogP contribution in [0.3, 0.4) is 0 Å². The van der Waals surface area contributed by atoms with Crippen molar-refractivity contribution in [1.82, 2.24) is 0 Å². The molecule has 0 heterocycles. The molecule has 0 aliphatic heterocycles. The number of carbonyl (C=O) groups is 3. The van der Waals surface area contributed by atoms with Crippen molar-refractivity contribution in [2.45, 2.75) is 19.4 Å². The number of carbonyl (C=O) groups excluding carboxylic acids is 2. The first-order valence-corrected chi connectivity index (χ1v) is 8.44. The minimum atomic E-state index is -1.37. The van der Waals surface area contributed by atoms with Crippen molar-refractivity contribution >= 4 is 34.7 Å². The van der Waals surface area contributed by atoms with Gasteiger partial charge in [0.25, 0.3) is 5.69 Å². The molecule has 152 valence electrons. The molecule has 1 amide bonds. The van der Waals surface area contributed by atoms with Gasteiger partial charge in [0.1, 0.15) is 11.8 Å². The van der Waals surface area contributed by atoms with Gasteiger partial charge in [0.05, 0.1) is 24.1 Å². The number of aliphatic carboxylic acids is 1. The number of amides is 1. The second kappa shape index (κ2) is 9.31. The maximum Gasteiger partial charge on any atom is 0.326 e. The van der Waals surface area contributed by atoms with Crippen molar-refractivity contribution in [3.63, 3.8) is 0 Å².